The predicted octanol–water partition coefficient (Wildman–Crippen LogP) is 6.53. The van der Waals surface area contributed by atoms with Crippen LogP contribution in [0.3, 0.4) is 0 Å². The van der Waals surface area contributed by atoms with Crippen molar-refractivity contribution in [2.75, 3.05) is 19.0 Å². The quantitative estimate of drug-likeness (QED) is 0.181. The number of nitrogens with one attached hydrogen (secondary N) is 2. The molecule has 2 aliphatic heterocycles. The number of nitrogens with zero attached hydrogens (tertiary/aromatic N) is 6. The normalized spacial score (nSPS) is 17.7. The lowest BCUT2D eigenvalue weighted by Gasteiger charge is -2.16. The predicted molar refractivity (Wildman–Crippen MR) is 192 cm³/mol. The largest absolute Gasteiger partial charge is 0.496 e. The molecular weight excluding hydrogens is 665 g/mol. The van der Waals surface area contributed by atoms with Crippen molar-refractivity contribution in [3.8, 4) is 27.6 Å². The number of pyridine rings is 3. The van der Waals surface area contributed by atoms with Crippen LogP contribution in [0, 0.1) is 0 Å². The fourth-order valence-corrected chi connectivity index (χ4v) is 9.40. The van der Waals surface area contributed by atoms with E-state index in [0.717, 1.165) is 74.8 Å². The van der Waals surface area contributed by atoms with E-state index < -0.39 is 5.76 Å². The number of hydrogen-bond acceptors (Lipinski definition) is 10. The Kier molecular flexibility index (Phi) is 6.85. The lowest BCUT2D eigenvalue weighted by atomic mass is 9.93. The zero-order chi connectivity index (χ0) is 34.2. The monoisotopic (exact) mass is 696 g/mol. The van der Waals surface area contributed by atoms with E-state index in [1.165, 1.54) is 11.1 Å². The van der Waals surface area contributed by atoms with Gasteiger partial charge in [0, 0.05) is 41.8 Å². The summed E-state index contributed by atoms with van der Waals surface area (Å²) in [4.78, 5) is 44.0. The summed E-state index contributed by atoms with van der Waals surface area (Å²) in [7, 11) is 1.71. The molecule has 1 saturated heterocycles. The molecule has 8 heterocycles. The Bertz CT molecular complexity index is 2580. The minimum atomic E-state index is -0.667. The van der Waals surface area contributed by atoms with Crippen LogP contribution in [-0.4, -0.2) is 54.0 Å². The van der Waals surface area contributed by atoms with Crippen molar-refractivity contribution in [1.82, 2.24) is 34.4 Å². The number of anilines is 1. The maximum Gasteiger partial charge on any atom is 0.434 e. The third kappa shape index (κ3) is 4.78. The van der Waals surface area contributed by atoms with E-state index in [0.29, 0.717) is 36.1 Å². The number of fused-ring (bicyclic) bond motifs is 6. The lowest BCUT2D eigenvalue weighted by molar-refractivity contribution is 0.0776. The third-order valence-corrected chi connectivity index (χ3v) is 11.7. The number of thiophene rings is 1. The van der Waals surface area contributed by atoms with Gasteiger partial charge in [0.25, 0.3) is 11.8 Å². The molecule has 0 spiro atoms. The molecule has 3 aliphatic rings. The second-order valence-electron chi connectivity index (χ2n) is 13.3. The summed E-state index contributed by atoms with van der Waals surface area (Å²) in [6.45, 7) is 0.684. The fraction of sp³-hybridized carbons (Fsp3) is 0.263. The number of aromatic amines is 1. The topological polar surface area (TPSA) is 144 Å². The SMILES string of the molecule is COc1cccc2c1CC[C@@H]2Nc1nccc2cc(-c3c4c(nc(CCc5ccn6ccnc6c5)c3-c3n[nH]c(=O)o3)[C@@H]3CCCN3C4=O)sc12. The highest BCUT2D eigenvalue weighted by atomic mass is 32.1. The Morgan fingerprint density at radius 3 is 2.86 bits per heavy atom. The van der Waals surface area contributed by atoms with Crippen molar-refractivity contribution in [3.05, 3.63) is 111 Å². The van der Waals surface area contributed by atoms with Gasteiger partial charge in [-0.05, 0) is 90.9 Å². The zero-order valence-corrected chi connectivity index (χ0v) is 28.5. The van der Waals surface area contributed by atoms with Crippen LogP contribution in [0.5, 0.6) is 5.75 Å². The molecule has 0 unspecified atom stereocenters. The molecule has 12 nitrogen and oxygen atoms in total. The first-order chi connectivity index (χ1) is 25.0. The number of carbonyl (C=O) groups is 1. The fourth-order valence-electron chi connectivity index (χ4n) is 8.23. The Morgan fingerprint density at radius 2 is 1.98 bits per heavy atom. The molecule has 2 atom stereocenters. The second kappa shape index (κ2) is 11.6. The molecule has 1 aliphatic carbocycles. The summed E-state index contributed by atoms with van der Waals surface area (Å²) in [6, 6.07) is 14.4. The smallest absolute Gasteiger partial charge is 0.434 e. The highest BCUT2D eigenvalue weighted by Crippen LogP contribution is 2.50. The van der Waals surface area contributed by atoms with Gasteiger partial charge in [-0.15, -0.1) is 16.4 Å². The first-order valence-corrected chi connectivity index (χ1v) is 18.0. The first-order valence-electron chi connectivity index (χ1n) is 17.2. The Morgan fingerprint density at radius 1 is 1.04 bits per heavy atom. The molecule has 7 aromatic rings. The van der Waals surface area contributed by atoms with Crippen molar-refractivity contribution >= 4 is 38.8 Å². The van der Waals surface area contributed by atoms with Crippen molar-refractivity contribution in [3.63, 3.8) is 0 Å². The molecule has 254 valence electrons. The van der Waals surface area contributed by atoms with Gasteiger partial charge in [0.1, 0.15) is 17.2 Å². The van der Waals surface area contributed by atoms with Gasteiger partial charge in [-0.25, -0.2) is 19.9 Å². The van der Waals surface area contributed by atoms with Crippen LogP contribution >= 0.6 is 11.3 Å². The van der Waals surface area contributed by atoms with E-state index in [1.807, 2.05) is 46.1 Å². The molecule has 2 N–H and O–H groups in total. The van der Waals surface area contributed by atoms with Crippen LogP contribution in [0.4, 0.5) is 5.82 Å². The summed E-state index contributed by atoms with van der Waals surface area (Å²) in [5.74, 6) is 1.10. The summed E-state index contributed by atoms with van der Waals surface area (Å²) in [5, 5.41) is 11.5. The number of rotatable bonds is 8. The van der Waals surface area contributed by atoms with E-state index in [-0.39, 0.29) is 23.9 Å². The average molecular weight is 697 g/mol. The van der Waals surface area contributed by atoms with Crippen LogP contribution in [0.15, 0.2) is 76.5 Å². The molecule has 10 rings (SSSR count). The van der Waals surface area contributed by atoms with Gasteiger partial charge in [-0.3, -0.25) is 9.78 Å². The van der Waals surface area contributed by atoms with Crippen molar-refractivity contribution < 1.29 is 13.9 Å². The highest BCUT2D eigenvalue weighted by Gasteiger charge is 2.45. The minimum absolute atomic E-state index is 0.0455. The number of methoxy groups -OCH3 is 1. The molecule has 13 heteroatoms. The van der Waals surface area contributed by atoms with Crippen LogP contribution in [-0.2, 0) is 19.3 Å². The average Bonchev–Trinajstić information content (AvgIpc) is 4.00. The van der Waals surface area contributed by atoms with E-state index in [2.05, 4.69) is 44.8 Å². The summed E-state index contributed by atoms with van der Waals surface area (Å²) < 4.78 is 14.3. The number of H-pyrrole nitrogens is 1. The van der Waals surface area contributed by atoms with E-state index in [9.17, 15) is 9.59 Å². The molecule has 51 heavy (non-hydrogen) atoms. The Hall–Kier alpha value is -5.82. The third-order valence-electron chi connectivity index (χ3n) is 10.5. The van der Waals surface area contributed by atoms with Crippen molar-refractivity contribution in [2.24, 2.45) is 0 Å². The summed E-state index contributed by atoms with van der Waals surface area (Å²) in [6.07, 6.45) is 12.3. The molecular formula is C38H32N8O4S. The van der Waals surface area contributed by atoms with Gasteiger partial charge in [0.2, 0.25) is 0 Å². The van der Waals surface area contributed by atoms with E-state index in [1.54, 1.807) is 24.6 Å². The number of benzene rings is 1. The van der Waals surface area contributed by atoms with Crippen molar-refractivity contribution in [1.29, 1.82) is 0 Å². The van der Waals surface area contributed by atoms with Gasteiger partial charge in [-0.2, -0.15) is 0 Å². The highest BCUT2D eigenvalue weighted by molar-refractivity contribution is 7.23. The molecule has 1 aromatic carbocycles. The van der Waals surface area contributed by atoms with Gasteiger partial charge in [0.05, 0.1) is 46.4 Å². The Labute approximate surface area is 295 Å². The molecule has 0 bridgehead atoms. The Balaban J connectivity index is 1.13. The zero-order valence-electron chi connectivity index (χ0n) is 27.7. The molecule has 6 aromatic heterocycles. The number of aryl methyl sites for hydroxylation is 2. The van der Waals surface area contributed by atoms with Crippen LogP contribution < -0.4 is 15.8 Å². The maximum absolute atomic E-state index is 14.3. The van der Waals surface area contributed by atoms with Gasteiger partial charge < -0.3 is 23.8 Å². The van der Waals surface area contributed by atoms with Gasteiger partial charge in [0.15, 0.2) is 0 Å². The van der Waals surface area contributed by atoms with Crippen LogP contribution in [0.2, 0.25) is 0 Å². The number of ether oxygens (including phenoxy) is 1. The van der Waals surface area contributed by atoms with Crippen LogP contribution in [0.1, 0.15) is 69.8 Å². The lowest BCUT2D eigenvalue weighted by Crippen LogP contribution is -2.22. The van der Waals surface area contributed by atoms with E-state index in [4.69, 9.17) is 19.1 Å². The van der Waals surface area contributed by atoms with Gasteiger partial charge in [-0.1, -0.05) is 12.1 Å². The second-order valence-corrected chi connectivity index (χ2v) is 14.4. The number of aromatic nitrogens is 6. The minimum Gasteiger partial charge on any atom is -0.496 e. The molecule has 1 amide bonds. The maximum atomic E-state index is 14.3. The summed E-state index contributed by atoms with van der Waals surface area (Å²) >= 11 is 1.57. The number of hydrogen-bond donors (Lipinski definition) is 2. The standard InChI is InChI=1S/C38H32N8O4S/c1-49-27-6-2-4-22-23(27)8-10-24(22)42-35-34-21(11-13-40-35)19-28(51-34)31-30(36-43-44-38(48)50-36)25(9-7-20-12-16-45-17-14-39-29(45)18-20)41-33-26-5-3-15-46(26)37(47)32(31)33/h2,4,6,11-14,16-19,24,26H,3,5,7-10,15H2,1H3,(H,40,42)(H,44,48)/t24-,26-/m0/s1. The van der Waals surface area contributed by atoms with Gasteiger partial charge >= 0.3 is 5.76 Å². The van der Waals surface area contributed by atoms with Crippen LogP contribution in [0.25, 0.3) is 37.6 Å². The number of amides is 1. The number of carbonyl (C=O) groups excluding carboxylic acids is 1. The molecule has 0 radical (unpaired) electrons. The first kappa shape index (κ1) is 30.0. The van der Waals surface area contributed by atoms with Crippen molar-refractivity contribution in [2.45, 2.75) is 50.6 Å². The summed E-state index contributed by atoms with van der Waals surface area (Å²) in [5.41, 5.74) is 7.76. The van der Waals surface area contributed by atoms with E-state index >= 15 is 0 Å². The molecule has 1 fully saturated rings. The molecule has 0 saturated carbocycles. The number of imidazole rings is 1.